The summed E-state index contributed by atoms with van der Waals surface area (Å²) in [4.78, 5) is 2.37. The van der Waals surface area contributed by atoms with Crippen LogP contribution in [0.4, 0.5) is 0 Å². The summed E-state index contributed by atoms with van der Waals surface area (Å²) >= 11 is 0. The van der Waals surface area contributed by atoms with E-state index in [1.54, 1.807) is 7.11 Å². The number of rotatable bonds is 5. The molecule has 1 saturated heterocycles. The predicted octanol–water partition coefficient (Wildman–Crippen LogP) is 1.88. The first-order valence-corrected chi connectivity index (χ1v) is 6.33. The molecule has 1 unspecified atom stereocenters. The standard InChI is InChI=1S/C14H22N2O/c1-16(11-13-6-4-8-15-13)10-12-5-3-7-14(9-12)17-2/h3,5,7,9,13,15H,4,6,8,10-11H2,1-2H3. The summed E-state index contributed by atoms with van der Waals surface area (Å²) in [6.45, 7) is 3.28. The van der Waals surface area contributed by atoms with Gasteiger partial charge in [0.05, 0.1) is 7.11 Å². The average molecular weight is 234 g/mol. The van der Waals surface area contributed by atoms with Gasteiger partial charge in [0, 0.05) is 19.1 Å². The third-order valence-electron chi connectivity index (χ3n) is 3.28. The van der Waals surface area contributed by atoms with Crippen LogP contribution in [0.25, 0.3) is 0 Å². The van der Waals surface area contributed by atoms with Crippen molar-refractivity contribution in [1.29, 1.82) is 0 Å². The Morgan fingerprint density at radius 3 is 3.06 bits per heavy atom. The number of nitrogens with one attached hydrogen (secondary N) is 1. The summed E-state index contributed by atoms with van der Waals surface area (Å²) < 4.78 is 5.24. The van der Waals surface area contributed by atoms with Crippen molar-refractivity contribution >= 4 is 0 Å². The molecule has 3 heteroatoms. The Morgan fingerprint density at radius 1 is 1.47 bits per heavy atom. The monoisotopic (exact) mass is 234 g/mol. The molecule has 0 radical (unpaired) electrons. The number of hydrogen-bond acceptors (Lipinski definition) is 3. The fourth-order valence-electron chi connectivity index (χ4n) is 2.44. The summed E-state index contributed by atoms with van der Waals surface area (Å²) in [5, 5.41) is 3.53. The Bertz CT molecular complexity index is 348. The van der Waals surface area contributed by atoms with E-state index < -0.39 is 0 Å². The van der Waals surface area contributed by atoms with E-state index in [0.29, 0.717) is 6.04 Å². The van der Waals surface area contributed by atoms with Gasteiger partial charge in [-0.25, -0.2) is 0 Å². The molecular formula is C14H22N2O. The molecule has 94 valence electrons. The number of ether oxygens (including phenoxy) is 1. The van der Waals surface area contributed by atoms with E-state index in [1.807, 2.05) is 6.07 Å². The van der Waals surface area contributed by atoms with Gasteiger partial charge in [-0.05, 0) is 44.1 Å². The lowest BCUT2D eigenvalue weighted by molar-refractivity contribution is 0.292. The van der Waals surface area contributed by atoms with Gasteiger partial charge in [0.15, 0.2) is 0 Å². The summed E-state index contributed by atoms with van der Waals surface area (Å²) in [6.07, 6.45) is 2.63. The van der Waals surface area contributed by atoms with E-state index in [4.69, 9.17) is 4.74 Å². The highest BCUT2D eigenvalue weighted by molar-refractivity contribution is 5.28. The van der Waals surface area contributed by atoms with Crippen LogP contribution in [0.3, 0.4) is 0 Å². The lowest BCUT2D eigenvalue weighted by atomic mass is 10.2. The van der Waals surface area contributed by atoms with E-state index >= 15 is 0 Å². The zero-order valence-corrected chi connectivity index (χ0v) is 10.8. The maximum atomic E-state index is 5.24. The molecule has 1 aliphatic heterocycles. The van der Waals surface area contributed by atoms with Crippen molar-refractivity contribution in [2.45, 2.75) is 25.4 Å². The highest BCUT2D eigenvalue weighted by atomic mass is 16.5. The van der Waals surface area contributed by atoms with Gasteiger partial charge < -0.3 is 15.0 Å². The Hall–Kier alpha value is -1.06. The Morgan fingerprint density at radius 2 is 2.35 bits per heavy atom. The van der Waals surface area contributed by atoms with Crippen molar-refractivity contribution in [3.8, 4) is 5.75 Å². The molecule has 0 amide bonds. The summed E-state index contributed by atoms with van der Waals surface area (Å²) in [7, 11) is 3.89. The molecule has 2 rings (SSSR count). The first-order chi connectivity index (χ1) is 8.28. The molecular weight excluding hydrogens is 212 g/mol. The van der Waals surface area contributed by atoms with Crippen molar-refractivity contribution in [2.24, 2.45) is 0 Å². The van der Waals surface area contributed by atoms with Gasteiger partial charge in [-0.2, -0.15) is 0 Å². The zero-order chi connectivity index (χ0) is 12.1. The molecule has 1 aromatic carbocycles. The van der Waals surface area contributed by atoms with Crippen molar-refractivity contribution in [2.75, 3.05) is 27.2 Å². The second kappa shape index (κ2) is 6.03. The Kier molecular flexibility index (Phi) is 4.40. The Balaban J connectivity index is 1.85. The SMILES string of the molecule is COc1cccc(CN(C)CC2CCCN2)c1. The third-order valence-corrected chi connectivity index (χ3v) is 3.28. The molecule has 17 heavy (non-hydrogen) atoms. The molecule has 0 aliphatic carbocycles. The number of methoxy groups -OCH3 is 1. The van der Waals surface area contributed by atoms with Crippen molar-refractivity contribution in [3.63, 3.8) is 0 Å². The molecule has 1 N–H and O–H groups in total. The topological polar surface area (TPSA) is 24.5 Å². The maximum absolute atomic E-state index is 5.24. The smallest absolute Gasteiger partial charge is 0.119 e. The molecule has 0 bridgehead atoms. The third kappa shape index (κ3) is 3.72. The minimum atomic E-state index is 0.672. The van der Waals surface area contributed by atoms with Crippen LogP contribution in [-0.2, 0) is 6.54 Å². The summed E-state index contributed by atoms with van der Waals surface area (Å²) in [5.74, 6) is 0.940. The average Bonchev–Trinajstić information content (AvgIpc) is 2.82. The lowest BCUT2D eigenvalue weighted by Gasteiger charge is -2.21. The van der Waals surface area contributed by atoms with E-state index in [0.717, 1.165) is 18.8 Å². The van der Waals surface area contributed by atoms with Gasteiger partial charge in [0.2, 0.25) is 0 Å². The number of nitrogens with zero attached hydrogens (tertiary/aromatic N) is 1. The van der Waals surface area contributed by atoms with Crippen molar-refractivity contribution < 1.29 is 4.74 Å². The van der Waals surface area contributed by atoms with Gasteiger partial charge >= 0.3 is 0 Å². The summed E-state index contributed by atoms with van der Waals surface area (Å²) in [6, 6.07) is 8.97. The molecule has 1 aromatic rings. The van der Waals surface area contributed by atoms with Crippen LogP contribution in [0.2, 0.25) is 0 Å². The van der Waals surface area contributed by atoms with Gasteiger partial charge in [-0.1, -0.05) is 12.1 Å². The van der Waals surface area contributed by atoms with Crippen molar-refractivity contribution in [1.82, 2.24) is 10.2 Å². The maximum Gasteiger partial charge on any atom is 0.119 e. The fraction of sp³-hybridized carbons (Fsp3) is 0.571. The highest BCUT2D eigenvalue weighted by Crippen LogP contribution is 2.14. The van der Waals surface area contributed by atoms with E-state index in [1.165, 1.54) is 24.9 Å². The molecule has 3 nitrogen and oxygen atoms in total. The fourth-order valence-corrected chi connectivity index (χ4v) is 2.44. The molecule has 0 spiro atoms. The largest absolute Gasteiger partial charge is 0.497 e. The van der Waals surface area contributed by atoms with Crippen LogP contribution in [0, 0.1) is 0 Å². The minimum absolute atomic E-state index is 0.672. The van der Waals surface area contributed by atoms with Crippen LogP contribution in [0.1, 0.15) is 18.4 Å². The van der Waals surface area contributed by atoms with E-state index in [-0.39, 0.29) is 0 Å². The minimum Gasteiger partial charge on any atom is -0.497 e. The Labute approximate surface area is 104 Å². The van der Waals surface area contributed by atoms with Gasteiger partial charge in [-0.3, -0.25) is 0 Å². The summed E-state index contributed by atoms with van der Waals surface area (Å²) in [5.41, 5.74) is 1.31. The molecule has 0 saturated carbocycles. The second-order valence-corrected chi connectivity index (χ2v) is 4.84. The van der Waals surface area contributed by atoms with Crippen LogP contribution in [0.5, 0.6) is 5.75 Å². The molecule has 1 atom stereocenters. The molecule has 1 fully saturated rings. The quantitative estimate of drug-likeness (QED) is 0.842. The zero-order valence-electron chi connectivity index (χ0n) is 10.8. The first-order valence-electron chi connectivity index (χ1n) is 6.33. The van der Waals surface area contributed by atoms with Crippen LogP contribution < -0.4 is 10.1 Å². The molecule has 1 heterocycles. The lowest BCUT2D eigenvalue weighted by Crippen LogP contribution is -2.34. The highest BCUT2D eigenvalue weighted by Gasteiger charge is 2.15. The number of hydrogen-bond donors (Lipinski definition) is 1. The first kappa shape index (κ1) is 12.4. The van der Waals surface area contributed by atoms with Gasteiger partial charge in [0.1, 0.15) is 5.75 Å². The molecule has 1 aliphatic rings. The normalized spacial score (nSPS) is 19.8. The van der Waals surface area contributed by atoms with Crippen LogP contribution >= 0.6 is 0 Å². The van der Waals surface area contributed by atoms with Crippen LogP contribution in [-0.4, -0.2) is 38.2 Å². The van der Waals surface area contributed by atoms with E-state index in [9.17, 15) is 0 Å². The van der Waals surface area contributed by atoms with Gasteiger partial charge in [-0.15, -0.1) is 0 Å². The molecule has 0 aromatic heterocycles. The predicted molar refractivity (Wildman–Crippen MR) is 70.4 cm³/mol. The van der Waals surface area contributed by atoms with Crippen LogP contribution in [0.15, 0.2) is 24.3 Å². The van der Waals surface area contributed by atoms with Gasteiger partial charge in [0.25, 0.3) is 0 Å². The second-order valence-electron chi connectivity index (χ2n) is 4.84. The number of likely N-dealkylation sites (N-methyl/N-ethyl adjacent to an activating group) is 1. The van der Waals surface area contributed by atoms with E-state index in [2.05, 4.69) is 35.5 Å². The number of benzene rings is 1. The van der Waals surface area contributed by atoms with Crippen molar-refractivity contribution in [3.05, 3.63) is 29.8 Å².